The zero-order valence-electron chi connectivity index (χ0n) is 11.1. The highest BCUT2D eigenvalue weighted by molar-refractivity contribution is 5.76. The Morgan fingerprint density at radius 1 is 1.29 bits per heavy atom. The van der Waals surface area contributed by atoms with E-state index < -0.39 is 0 Å². The molecule has 2 heteroatoms. The first kappa shape index (κ1) is 13.8. The summed E-state index contributed by atoms with van der Waals surface area (Å²) >= 11 is 0. The van der Waals surface area contributed by atoms with Crippen molar-refractivity contribution in [3.05, 3.63) is 35.9 Å². The van der Waals surface area contributed by atoms with Gasteiger partial charge in [-0.05, 0) is 31.7 Å². The van der Waals surface area contributed by atoms with Gasteiger partial charge in [-0.2, -0.15) is 0 Å². The first-order valence-corrected chi connectivity index (χ1v) is 6.44. The highest BCUT2D eigenvalue weighted by Crippen LogP contribution is 2.08. The molecule has 0 aliphatic carbocycles. The third-order valence-corrected chi connectivity index (χ3v) is 3.34. The van der Waals surface area contributed by atoms with E-state index in [4.69, 9.17) is 0 Å². The molecule has 0 saturated carbocycles. The Morgan fingerprint density at radius 3 is 2.53 bits per heavy atom. The van der Waals surface area contributed by atoms with Crippen molar-refractivity contribution in [3.8, 4) is 0 Å². The molecule has 94 valence electrons. The van der Waals surface area contributed by atoms with Crippen molar-refractivity contribution in [2.75, 3.05) is 7.05 Å². The Kier molecular flexibility index (Phi) is 5.75. The van der Waals surface area contributed by atoms with Gasteiger partial charge in [-0.3, -0.25) is 4.79 Å². The quantitative estimate of drug-likeness (QED) is 0.738. The van der Waals surface area contributed by atoms with Crippen molar-refractivity contribution in [2.24, 2.45) is 0 Å². The molecule has 1 amide bonds. The Morgan fingerprint density at radius 2 is 1.94 bits per heavy atom. The van der Waals surface area contributed by atoms with Crippen LogP contribution < -0.4 is 0 Å². The smallest absolute Gasteiger partial charge is 0.222 e. The summed E-state index contributed by atoms with van der Waals surface area (Å²) < 4.78 is 0. The summed E-state index contributed by atoms with van der Waals surface area (Å²) in [6.07, 6.45) is 3.58. The molecule has 0 fully saturated rings. The minimum absolute atomic E-state index is 0.260. The summed E-state index contributed by atoms with van der Waals surface area (Å²) in [6, 6.07) is 10.7. The van der Waals surface area contributed by atoms with Crippen molar-refractivity contribution >= 4 is 5.91 Å². The van der Waals surface area contributed by atoms with Crippen molar-refractivity contribution in [1.29, 1.82) is 0 Å². The van der Waals surface area contributed by atoms with Crippen LogP contribution in [0.4, 0.5) is 0 Å². The normalized spacial score (nSPS) is 12.2. The Labute approximate surface area is 105 Å². The molecule has 1 rings (SSSR count). The standard InChI is InChI=1S/C15H23NO/c1-4-13(2)16(3)15(17)12-8-11-14-9-6-5-7-10-14/h5-7,9-10,13H,4,8,11-12H2,1-3H3. The Hall–Kier alpha value is -1.31. The van der Waals surface area contributed by atoms with Crippen LogP contribution in [0.1, 0.15) is 38.7 Å². The number of carbonyl (C=O) groups is 1. The number of hydrogen-bond acceptors (Lipinski definition) is 1. The number of amides is 1. The maximum Gasteiger partial charge on any atom is 0.222 e. The summed E-state index contributed by atoms with van der Waals surface area (Å²) in [5.74, 6) is 0.260. The predicted octanol–water partition coefficient (Wildman–Crippen LogP) is 3.27. The summed E-state index contributed by atoms with van der Waals surface area (Å²) in [5, 5.41) is 0. The molecule has 0 saturated heterocycles. The molecule has 1 aromatic rings. The molecule has 2 nitrogen and oxygen atoms in total. The molecule has 0 aliphatic rings. The predicted molar refractivity (Wildman–Crippen MR) is 71.9 cm³/mol. The van der Waals surface area contributed by atoms with Gasteiger partial charge < -0.3 is 4.90 Å². The van der Waals surface area contributed by atoms with Gasteiger partial charge in [-0.25, -0.2) is 0 Å². The number of nitrogens with zero attached hydrogens (tertiary/aromatic N) is 1. The lowest BCUT2D eigenvalue weighted by Crippen LogP contribution is -2.34. The lowest BCUT2D eigenvalue weighted by atomic mass is 10.1. The Bertz CT molecular complexity index is 334. The summed E-state index contributed by atoms with van der Waals surface area (Å²) in [7, 11) is 1.90. The zero-order valence-corrected chi connectivity index (χ0v) is 11.1. The van der Waals surface area contributed by atoms with Gasteiger partial charge in [-0.15, -0.1) is 0 Å². The highest BCUT2D eigenvalue weighted by atomic mass is 16.2. The van der Waals surface area contributed by atoms with Gasteiger partial charge in [0.2, 0.25) is 5.91 Å². The second kappa shape index (κ2) is 7.10. The molecular weight excluding hydrogens is 210 g/mol. The lowest BCUT2D eigenvalue weighted by molar-refractivity contribution is -0.131. The van der Waals surface area contributed by atoms with E-state index in [1.54, 1.807) is 0 Å². The van der Waals surface area contributed by atoms with Crippen LogP contribution in [0.3, 0.4) is 0 Å². The van der Waals surface area contributed by atoms with Crippen LogP contribution in [0.2, 0.25) is 0 Å². The fourth-order valence-corrected chi connectivity index (χ4v) is 1.78. The van der Waals surface area contributed by atoms with Gasteiger partial charge >= 0.3 is 0 Å². The molecule has 1 aromatic carbocycles. The monoisotopic (exact) mass is 233 g/mol. The SMILES string of the molecule is CCC(C)N(C)C(=O)CCCc1ccccc1. The number of benzene rings is 1. The average molecular weight is 233 g/mol. The van der Waals surface area contributed by atoms with Crippen LogP contribution in [0.25, 0.3) is 0 Å². The van der Waals surface area contributed by atoms with E-state index >= 15 is 0 Å². The molecule has 0 radical (unpaired) electrons. The number of carbonyl (C=O) groups excluding carboxylic acids is 1. The molecule has 0 N–H and O–H groups in total. The van der Waals surface area contributed by atoms with Crippen LogP contribution in [-0.2, 0) is 11.2 Å². The molecule has 0 heterocycles. The summed E-state index contributed by atoms with van der Waals surface area (Å²) in [6.45, 7) is 4.20. The zero-order chi connectivity index (χ0) is 12.7. The van der Waals surface area contributed by atoms with E-state index in [1.165, 1.54) is 5.56 Å². The third-order valence-electron chi connectivity index (χ3n) is 3.34. The van der Waals surface area contributed by atoms with E-state index in [0.717, 1.165) is 19.3 Å². The molecule has 0 bridgehead atoms. The largest absolute Gasteiger partial charge is 0.343 e. The summed E-state index contributed by atoms with van der Waals surface area (Å²) in [5.41, 5.74) is 1.31. The second-order valence-corrected chi connectivity index (χ2v) is 4.60. The molecule has 0 spiro atoms. The van der Waals surface area contributed by atoms with Gasteiger partial charge in [0.1, 0.15) is 0 Å². The highest BCUT2D eigenvalue weighted by Gasteiger charge is 2.13. The van der Waals surface area contributed by atoms with Crippen LogP contribution in [0.15, 0.2) is 30.3 Å². The van der Waals surface area contributed by atoms with E-state index in [0.29, 0.717) is 12.5 Å². The van der Waals surface area contributed by atoms with Gasteiger partial charge in [0.05, 0.1) is 0 Å². The first-order chi connectivity index (χ1) is 8.15. The van der Waals surface area contributed by atoms with Gasteiger partial charge in [-0.1, -0.05) is 37.3 Å². The lowest BCUT2D eigenvalue weighted by Gasteiger charge is -2.23. The van der Waals surface area contributed by atoms with Crippen LogP contribution >= 0.6 is 0 Å². The maximum atomic E-state index is 11.9. The maximum absolute atomic E-state index is 11.9. The summed E-state index contributed by atoms with van der Waals surface area (Å²) in [4.78, 5) is 13.7. The van der Waals surface area contributed by atoms with Crippen molar-refractivity contribution < 1.29 is 4.79 Å². The number of aryl methyl sites for hydroxylation is 1. The fraction of sp³-hybridized carbons (Fsp3) is 0.533. The Balaban J connectivity index is 2.29. The van der Waals surface area contributed by atoms with Crippen LogP contribution in [-0.4, -0.2) is 23.9 Å². The molecule has 17 heavy (non-hydrogen) atoms. The van der Waals surface area contributed by atoms with Gasteiger partial charge in [0.25, 0.3) is 0 Å². The molecule has 0 aromatic heterocycles. The molecule has 1 atom stereocenters. The van der Waals surface area contributed by atoms with Crippen LogP contribution in [0, 0.1) is 0 Å². The van der Waals surface area contributed by atoms with Crippen molar-refractivity contribution in [1.82, 2.24) is 4.90 Å². The van der Waals surface area contributed by atoms with E-state index in [1.807, 2.05) is 30.1 Å². The number of rotatable bonds is 6. The molecular formula is C15H23NO. The molecule has 0 aliphatic heterocycles. The van der Waals surface area contributed by atoms with Crippen molar-refractivity contribution in [3.63, 3.8) is 0 Å². The van der Waals surface area contributed by atoms with Gasteiger partial charge in [0.15, 0.2) is 0 Å². The fourth-order valence-electron chi connectivity index (χ4n) is 1.78. The first-order valence-electron chi connectivity index (χ1n) is 6.44. The molecule has 1 unspecified atom stereocenters. The van der Waals surface area contributed by atoms with E-state index in [9.17, 15) is 4.79 Å². The average Bonchev–Trinajstić information content (AvgIpc) is 2.38. The topological polar surface area (TPSA) is 20.3 Å². The number of hydrogen-bond donors (Lipinski definition) is 0. The van der Waals surface area contributed by atoms with Gasteiger partial charge in [0, 0.05) is 19.5 Å². The minimum atomic E-state index is 0.260. The second-order valence-electron chi connectivity index (χ2n) is 4.60. The van der Waals surface area contributed by atoms with E-state index in [-0.39, 0.29) is 5.91 Å². The minimum Gasteiger partial charge on any atom is -0.343 e. The van der Waals surface area contributed by atoms with Crippen LogP contribution in [0.5, 0.6) is 0 Å². The van der Waals surface area contributed by atoms with Crippen molar-refractivity contribution in [2.45, 2.75) is 45.6 Å². The third kappa shape index (κ3) is 4.59. The van der Waals surface area contributed by atoms with E-state index in [2.05, 4.69) is 26.0 Å².